The van der Waals surface area contributed by atoms with E-state index in [1.165, 1.54) is 31.7 Å². The second kappa shape index (κ2) is 8.25. The lowest BCUT2D eigenvalue weighted by Gasteiger charge is -2.32. The van der Waals surface area contributed by atoms with Gasteiger partial charge in [-0.15, -0.1) is 0 Å². The lowest BCUT2D eigenvalue weighted by molar-refractivity contribution is 0.155. The molecule has 112 valence electrons. The van der Waals surface area contributed by atoms with Gasteiger partial charge in [0.1, 0.15) is 5.75 Å². The van der Waals surface area contributed by atoms with Crippen molar-refractivity contribution in [2.75, 3.05) is 60.0 Å². The van der Waals surface area contributed by atoms with Gasteiger partial charge in [0, 0.05) is 39.3 Å². The van der Waals surface area contributed by atoms with Crippen LogP contribution in [0.15, 0.2) is 24.3 Å². The van der Waals surface area contributed by atoms with Crippen LogP contribution in [0.4, 0.5) is 0 Å². The SMILES string of the molecule is COc1ccc(CCNCCN2CCN(C)CC2)cc1. The van der Waals surface area contributed by atoms with Gasteiger partial charge >= 0.3 is 0 Å². The van der Waals surface area contributed by atoms with Crippen LogP contribution in [0.1, 0.15) is 5.56 Å². The van der Waals surface area contributed by atoms with E-state index in [1.807, 2.05) is 12.1 Å². The van der Waals surface area contributed by atoms with Crippen molar-refractivity contribution in [3.8, 4) is 5.75 Å². The number of likely N-dealkylation sites (N-methyl/N-ethyl adjacent to an activating group) is 1. The maximum absolute atomic E-state index is 5.16. The van der Waals surface area contributed by atoms with Gasteiger partial charge in [-0.05, 0) is 37.7 Å². The van der Waals surface area contributed by atoms with E-state index in [1.54, 1.807) is 7.11 Å². The van der Waals surface area contributed by atoms with E-state index < -0.39 is 0 Å². The Kier molecular flexibility index (Phi) is 6.30. The van der Waals surface area contributed by atoms with E-state index >= 15 is 0 Å². The first-order valence-electron chi connectivity index (χ1n) is 7.52. The highest BCUT2D eigenvalue weighted by Gasteiger charge is 2.12. The second-order valence-corrected chi connectivity index (χ2v) is 5.49. The molecule has 1 aromatic rings. The monoisotopic (exact) mass is 277 g/mol. The largest absolute Gasteiger partial charge is 0.497 e. The number of piperazine rings is 1. The number of nitrogens with one attached hydrogen (secondary N) is 1. The average molecular weight is 277 g/mol. The first-order valence-corrected chi connectivity index (χ1v) is 7.52. The van der Waals surface area contributed by atoms with E-state index in [-0.39, 0.29) is 0 Å². The van der Waals surface area contributed by atoms with Crippen LogP contribution in [0.25, 0.3) is 0 Å². The number of hydrogen-bond donors (Lipinski definition) is 1. The summed E-state index contributed by atoms with van der Waals surface area (Å²) in [6.07, 6.45) is 1.08. The van der Waals surface area contributed by atoms with Gasteiger partial charge in [0.25, 0.3) is 0 Å². The quantitative estimate of drug-likeness (QED) is 0.755. The van der Waals surface area contributed by atoms with Crippen molar-refractivity contribution in [3.63, 3.8) is 0 Å². The van der Waals surface area contributed by atoms with Gasteiger partial charge in [-0.2, -0.15) is 0 Å². The molecule has 1 aliphatic heterocycles. The minimum Gasteiger partial charge on any atom is -0.497 e. The van der Waals surface area contributed by atoms with E-state index in [9.17, 15) is 0 Å². The molecule has 1 N–H and O–H groups in total. The summed E-state index contributed by atoms with van der Waals surface area (Å²) in [5.74, 6) is 0.928. The zero-order valence-electron chi connectivity index (χ0n) is 12.8. The molecule has 0 saturated carbocycles. The summed E-state index contributed by atoms with van der Waals surface area (Å²) in [5.41, 5.74) is 1.36. The molecule has 1 saturated heterocycles. The predicted molar refractivity (Wildman–Crippen MR) is 83.5 cm³/mol. The summed E-state index contributed by atoms with van der Waals surface area (Å²) in [6, 6.07) is 8.33. The number of rotatable bonds is 7. The Morgan fingerprint density at radius 1 is 1.05 bits per heavy atom. The molecule has 1 heterocycles. The number of ether oxygens (including phenoxy) is 1. The highest BCUT2D eigenvalue weighted by molar-refractivity contribution is 5.27. The Morgan fingerprint density at radius 2 is 1.75 bits per heavy atom. The van der Waals surface area contributed by atoms with Gasteiger partial charge in [0.15, 0.2) is 0 Å². The van der Waals surface area contributed by atoms with E-state index in [2.05, 4.69) is 34.3 Å². The lowest BCUT2D eigenvalue weighted by atomic mass is 10.1. The lowest BCUT2D eigenvalue weighted by Crippen LogP contribution is -2.46. The van der Waals surface area contributed by atoms with Gasteiger partial charge in [-0.3, -0.25) is 4.90 Å². The molecule has 2 rings (SSSR count). The third-order valence-corrected chi connectivity index (χ3v) is 3.95. The van der Waals surface area contributed by atoms with E-state index in [0.29, 0.717) is 0 Å². The summed E-state index contributed by atoms with van der Waals surface area (Å²) >= 11 is 0. The standard InChI is InChI=1S/C16H27N3O/c1-18-11-13-19(14-12-18)10-9-17-8-7-15-3-5-16(20-2)6-4-15/h3-6,17H,7-14H2,1-2H3. The minimum atomic E-state index is 0.928. The van der Waals surface area contributed by atoms with Crippen LogP contribution < -0.4 is 10.1 Å². The summed E-state index contributed by atoms with van der Waals surface area (Å²) < 4.78 is 5.16. The zero-order valence-corrected chi connectivity index (χ0v) is 12.8. The Balaban J connectivity index is 1.55. The molecule has 0 aromatic heterocycles. The Morgan fingerprint density at radius 3 is 2.40 bits per heavy atom. The highest BCUT2D eigenvalue weighted by atomic mass is 16.5. The number of benzene rings is 1. The normalized spacial score (nSPS) is 17.3. The van der Waals surface area contributed by atoms with Crippen LogP contribution in [0, 0.1) is 0 Å². The molecule has 0 unspecified atom stereocenters. The van der Waals surface area contributed by atoms with Gasteiger partial charge in [-0.25, -0.2) is 0 Å². The Labute approximate surface area is 122 Å². The van der Waals surface area contributed by atoms with Gasteiger partial charge in [0.05, 0.1) is 7.11 Å². The molecule has 0 amide bonds. The number of methoxy groups -OCH3 is 1. The van der Waals surface area contributed by atoms with E-state index in [0.717, 1.165) is 31.8 Å². The smallest absolute Gasteiger partial charge is 0.118 e. The van der Waals surface area contributed by atoms with Crippen LogP contribution in [-0.2, 0) is 6.42 Å². The Hall–Kier alpha value is -1.10. The third-order valence-electron chi connectivity index (χ3n) is 3.95. The molecule has 0 radical (unpaired) electrons. The molecular weight excluding hydrogens is 250 g/mol. The first kappa shape index (κ1) is 15.3. The fraction of sp³-hybridized carbons (Fsp3) is 0.625. The molecular formula is C16H27N3O. The molecule has 1 aliphatic rings. The maximum Gasteiger partial charge on any atom is 0.118 e. The molecule has 1 aromatic carbocycles. The van der Waals surface area contributed by atoms with Gasteiger partial charge < -0.3 is 15.0 Å². The van der Waals surface area contributed by atoms with Crippen molar-refractivity contribution in [3.05, 3.63) is 29.8 Å². The first-order chi connectivity index (χ1) is 9.78. The number of hydrogen-bond acceptors (Lipinski definition) is 4. The molecule has 4 heteroatoms. The topological polar surface area (TPSA) is 27.7 Å². The van der Waals surface area contributed by atoms with Crippen molar-refractivity contribution in [1.82, 2.24) is 15.1 Å². The third kappa shape index (κ3) is 5.12. The van der Waals surface area contributed by atoms with Crippen LogP contribution in [0.2, 0.25) is 0 Å². The summed E-state index contributed by atoms with van der Waals surface area (Å²) in [5, 5.41) is 3.53. The average Bonchev–Trinajstić information content (AvgIpc) is 2.49. The number of nitrogens with zero attached hydrogens (tertiary/aromatic N) is 2. The maximum atomic E-state index is 5.16. The van der Waals surface area contributed by atoms with Crippen LogP contribution >= 0.6 is 0 Å². The molecule has 0 aliphatic carbocycles. The van der Waals surface area contributed by atoms with Crippen molar-refractivity contribution >= 4 is 0 Å². The predicted octanol–water partition coefficient (Wildman–Crippen LogP) is 1.07. The van der Waals surface area contributed by atoms with Gasteiger partial charge in [0.2, 0.25) is 0 Å². The second-order valence-electron chi connectivity index (χ2n) is 5.49. The highest BCUT2D eigenvalue weighted by Crippen LogP contribution is 2.11. The van der Waals surface area contributed by atoms with Crippen molar-refractivity contribution in [2.24, 2.45) is 0 Å². The molecule has 20 heavy (non-hydrogen) atoms. The van der Waals surface area contributed by atoms with E-state index in [4.69, 9.17) is 4.74 Å². The van der Waals surface area contributed by atoms with Crippen LogP contribution in [-0.4, -0.2) is 69.8 Å². The molecule has 0 spiro atoms. The molecule has 0 atom stereocenters. The van der Waals surface area contributed by atoms with Crippen molar-refractivity contribution in [2.45, 2.75) is 6.42 Å². The van der Waals surface area contributed by atoms with Gasteiger partial charge in [-0.1, -0.05) is 12.1 Å². The fourth-order valence-electron chi connectivity index (χ4n) is 2.46. The molecule has 1 fully saturated rings. The van der Waals surface area contributed by atoms with Crippen molar-refractivity contribution in [1.29, 1.82) is 0 Å². The van der Waals surface area contributed by atoms with Crippen LogP contribution in [0.5, 0.6) is 5.75 Å². The Bertz CT molecular complexity index is 372. The summed E-state index contributed by atoms with van der Waals surface area (Å²) in [6.45, 7) is 8.10. The van der Waals surface area contributed by atoms with Crippen molar-refractivity contribution < 1.29 is 4.74 Å². The summed E-state index contributed by atoms with van der Waals surface area (Å²) in [4.78, 5) is 4.94. The minimum absolute atomic E-state index is 0.928. The zero-order chi connectivity index (χ0) is 14.2. The fourth-order valence-corrected chi connectivity index (χ4v) is 2.46. The summed E-state index contributed by atoms with van der Waals surface area (Å²) in [7, 11) is 3.90. The van der Waals surface area contributed by atoms with Crippen LogP contribution in [0.3, 0.4) is 0 Å². The molecule has 4 nitrogen and oxygen atoms in total. The molecule has 0 bridgehead atoms.